The Bertz CT molecular complexity index is 677. The summed E-state index contributed by atoms with van der Waals surface area (Å²) in [6.45, 7) is 3.57. The molecule has 0 saturated carbocycles. The standard InChI is InChI=1S/C15H20N2O4S/c1-12(18)16-6-8-17(9-7-16)15(19)14-5-3-4-13(10-14)11-22(2,20)21/h3-5,10H,6-9,11H2,1-2H3. The molecule has 2 rings (SSSR count). The number of carbonyl (C=O) groups is 2. The van der Waals surface area contributed by atoms with Gasteiger partial charge in [-0.05, 0) is 17.7 Å². The van der Waals surface area contributed by atoms with Crippen LogP contribution in [0.25, 0.3) is 0 Å². The Balaban J connectivity index is 2.07. The van der Waals surface area contributed by atoms with Gasteiger partial charge in [0, 0.05) is 44.9 Å². The lowest BCUT2D eigenvalue weighted by molar-refractivity contribution is -0.130. The summed E-state index contributed by atoms with van der Waals surface area (Å²) in [5.41, 5.74) is 1.09. The van der Waals surface area contributed by atoms with E-state index in [4.69, 9.17) is 0 Å². The van der Waals surface area contributed by atoms with Crippen LogP contribution in [0.3, 0.4) is 0 Å². The molecule has 1 saturated heterocycles. The van der Waals surface area contributed by atoms with Gasteiger partial charge in [0.1, 0.15) is 0 Å². The third-order valence-electron chi connectivity index (χ3n) is 3.61. The van der Waals surface area contributed by atoms with E-state index in [1.807, 2.05) is 0 Å². The molecule has 1 aliphatic rings. The molecule has 1 aromatic rings. The minimum atomic E-state index is -3.13. The molecule has 1 fully saturated rings. The van der Waals surface area contributed by atoms with Gasteiger partial charge in [0.2, 0.25) is 5.91 Å². The summed E-state index contributed by atoms with van der Waals surface area (Å²) >= 11 is 0. The van der Waals surface area contributed by atoms with Crippen LogP contribution in [-0.2, 0) is 20.4 Å². The molecule has 1 aliphatic heterocycles. The Labute approximate surface area is 130 Å². The maximum absolute atomic E-state index is 12.5. The molecule has 1 heterocycles. The van der Waals surface area contributed by atoms with Crippen molar-refractivity contribution in [3.05, 3.63) is 35.4 Å². The molecule has 22 heavy (non-hydrogen) atoms. The van der Waals surface area contributed by atoms with Gasteiger partial charge < -0.3 is 9.80 Å². The molecule has 1 aromatic carbocycles. The molecule has 2 amide bonds. The molecule has 0 bridgehead atoms. The lowest BCUT2D eigenvalue weighted by Gasteiger charge is -2.34. The largest absolute Gasteiger partial charge is 0.339 e. The normalized spacial score (nSPS) is 15.7. The van der Waals surface area contributed by atoms with E-state index in [9.17, 15) is 18.0 Å². The van der Waals surface area contributed by atoms with Crippen molar-refractivity contribution >= 4 is 21.7 Å². The average molecular weight is 324 g/mol. The first-order valence-electron chi connectivity index (χ1n) is 7.08. The Kier molecular flexibility index (Phi) is 4.85. The minimum absolute atomic E-state index is 0.0160. The summed E-state index contributed by atoms with van der Waals surface area (Å²) in [6, 6.07) is 6.71. The molecule has 0 N–H and O–H groups in total. The highest BCUT2D eigenvalue weighted by Crippen LogP contribution is 2.13. The Morgan fingerprint density at radius 1 is 1.09 bits per heavy atom. The third-order valence-corrected chi connectivity index (χ3v) is 4.47. The van der Waals surface area contributed by atoms with Gasteiger partial charge in [-0.15, -0.1) is 0 Å². The summed E-state index contributed by atoms with van der Waals surface area (Å²) in [5, 5.41) is 0. The van der Waals surface area contributed by atoms with Crippen molar-refractivity contribution in [3.8, 4) is 0 Å². The molecule has 120 valence electrons. The van der Waals surface area contributed by atoms with Crippen molar-refractivity contribution in [2.75, 3.05) is 32.4 Å². The van der Waals surface area contributed by atoms with Crippen LogP contribution < -0.4 is 0 Å². The van der Waals surface area contributed by atoms with Crippen LogP contribution in [0.4, 0.5) is 0 Å². The van der Waals surface area contributed by atoms with Crippen molar-refractivity contribution < 1.29 is 18.0 Å². The minimum Gasteiger partial charge on any atom is -0.339 e. The lowest BCUT2D eigenvalue weighted by Crippen LogP contribution is -2.50. The van der Waals surface area contributed by atoms with E-state index in [1.54, 1.807) is 34.1 Å². The number of hydrogen-bond acceptors (Lipinski definition) is 4. The van der Waals surface area contributed by atoms with Crippen molar-refractivity contribution in [3.63, 3.8) is 0 Å². The average Bonchev–Trinajstić information content (AvgIpc) is 2.45. The summed E-state index contributed by atoms with van der Waals surface area (Å²) < 4.78 is 22.7. The Morgan fingerprint density at radius 2 is 1.68 bits per heavy atom. The predicted molar refractivity (Wildman–Crippen MR) is 83.1 cm³/mol. The highest BCUT2D eigenvalue weighted by Gasteiger charge is 2.23. The van der Waals surface area contributed by atoms with E-state index < -0.39 is 9.84 Å². The number of carbonyl (C=O) groups excluding carboxylic acids is 2. The number of piperazine rings is 1. The van der Waals surface area contributed by atoms with E-state index >= 15 is 0 Å². The summed E-state index contributed by atoms with van der Waals surface area (Å²) in [7, 11) is -3.13. The fourth-order valence-electron chi connectivity index (χ4n) is 2.50. The first kappa shape index (κ1) is 16.5. The fourth-order valence-corrected chi connectivity index (χ4v) is 3.29. The fraction of sp³-hybridized carbons (Fsp3) is 0.467. The molecular formula is C15H20N2O4S. The maximum Gasteiger partial charge on any atom is 0.253 e. The van der Waals surface area contributed by atoms with Gasteiger partial charge in [-0.3, -0.25) is 9.59 Å². The maximum atomic E-state index is 12.5. The van der Waals surface area contributed by atoms with E-state index in [-0.39, 0.29) is 17.6 Å². The van der Waals surface area contributed by atoms with E-state index in [0.29, 0.717) is 37.3 Å². The van der Waals surface area contributed by atoms with E-state index in [1.165, 1.54) is 13.2 Å². The van der Waals surface area contributed by atoms with Gasteiger partial charge in [-0.2, -0.15) is 0 Å². The van der Waals surface area contributed by atoms with Crippen LogP contribution >= 0.6 is 0 Å². The molecule has 0 atom stereocenters. The van der Waals surface area contributed by atoms with Crippen molar-refractivity contribution in [1.82, 2.24) is 9.80 Å². The van der Waals surface area contributed by atoms with Crippen LogP contribution in [0.15, 0.2) is 24.3 Å². The molecule has 0 spiro atoms. The summed E-state index contributed by atoms with van der Waals surface area (Å²) in [6.07, 6.45) is 1.17. The van der Waals surface area contributed by atoms with E-state index in [0.717, 1.165) is 0 Å². The van der Waals surface area contributed by atoms with Gasteiger partial charge in [-0.1, -0.05) is 12.1 Å². The van der Waals surface area contributed by atoms with Crippen LogP contribution in [0.1, 0.15) is 22.8 Å². The second-order valence-electron chi connectivity index (χ2n) is 5.57. The Morgan fingerprint density at radius 3 is 2.23 bits per heavy atom. The number of hydrogen-bond donors (Lipinski definition) is 0. The van der Waals surface area contributed by atoms with E-state index in [2.05, 4.69) is 0 Å². The summed E-state index contributed by atoms with van der Waals surface area (Å²) in [5.74, 6) is -0.188. The molecule has 6 nitrogen and oxygen atoms in total. The zero-order valence-corrected chi connectivity index (χ0v) is 13.6. The van der Waals surface area contributed by atoms with Gasteiger partial charge in [0.25, 0.3) is 5.91 Å². The zero-order valence-electron chi connectivity index (χ0n) is 12.8. The molecular weight excluding hydrogens is 304 g/mol. The summed E-state index contributed by atoms with van der Waals surface area (Å²) in [4.78, 5) is 27.2. The number of amides is 2. The number of rotatable bonds is 3. The topological polar surface area (TPSA) is 74.8 Å². The predicted octanol–water partition coefficient (Wildman–Crippen LogP) is 0.536. The number of benzene rings is 1. The van der Waals surface area contributed by atoms with Crippen molar-refractivity contribution in [2.45, 2.75) is 12.7 Å². The highest BCUT2D eigenvalue weighted by atomic mass is 32.2. The third kappa shape index (κ3) is 4.30. The monoisotopic (exact) mass is 324 g/mol. The van der Waals surface area contributed by atoms with Crippen LogP contribution in [0.5, 0.6) is 0 Å². The van der Waals surface area contributed by atoms with Gasteiger partial charge in [0.15, 0.2) is 9.84 Å². The zero-order chi connectivity index (χ0) is 16.3. The molecule has 0 unspecified atom stereocenters. The second-order valence-corrected chi connectivity index (χ2v) is 7.71. The number of nitrogens with zero attached hydrogens (tertiary/aromatic N) is 2. The van der Waals surface area contributed by atoms with Crippen molar-refractivity contribution in [2.24, 2.45) is 0 Å². The van der Waals surface area contributed by atoms with Crippen LogP contribution in [0, 0.1) is 0 Å². The highest BCUT2D eigenvalue weighted by molar-refractivity contribution is 7.89. The molecule has 0 aromatic heterocycles. The van der Waals surface area contributed by atoms with Crippen LogP contribution in [-0.4, -0.2) is 62.5 Å². The quantitative estimate of drug-likeness (QED) is 0.813. The molecule has 0 aliphatic carbocycles. The molecule has 7 heteroatoms. The van der Waals surface area contributed by atoms with Gasteiger partial charge in [0.05, 0.1) is 5.75 Å². The SMILES string of the molecule is CC(=O)N1CCN(C(=O)c2cccc(CS(C)(=O)=O)c2)CC1. The van der Waals surface area contributed by atoms with Gasteiger partial charge in [-0.25, -0.2) is 8.42 Å². The number of sulfone groups is 1. The smallest absolute Gasteiger partial charge is 0.253 e. The van der Waals surface area contributed by atoms with Crippen molar-refractivity contribution in [1.29, 1.82) is 0 Å². The second kappa shape index (κ2) is 6.48. The first-order chi connectivity index (χ1) is 10.3. The lowest BCUT2D eigenvalue weighted by atomic mass is 10.1. The Hall–Kier alpha value is -1.89. The first-order valence-corrected chi connectivity index (χ1v) is 9.14. The van der Waals surface area contributed by atoms with Gasteiger partial charge >= 0.3 is 0 Å². The van der Waals surface area contributed by atoms with Crippen LogP contribution in [0.2, 0.25) is 0 Å². The molecule has 0 radical (unpaired) electrons.